The van der Waals surface area contributed by atoms with Crippen LogP contribution in [0.4, 0.5) is 26.3 Å². The number of hydrogen-bond acceptors (Lipinski definition) is 6. The van der Waals surface area contributed by atoms with Crippen molar-refractivity contribution in [2.75, 3.05) is 19.6 Å². The van der Waals surface area contributed by atoms with Gasteiger partial charge in [0.2, 0.25) is 0 Å². The number of furan rings is 1. The molecule has 198 valence electrons. The summed E-state index contributed by atoms with van der Waals surface area (Å²) < 4.78 is 84.9. The number of amides is 1. The molecular weight excluding hydrogens is 546 g/mol. The predicted molar refractivity (Wildman–Crippen MR) is 126 cm³/mol. The number of rotatable bonds is 6. The van der Waals surface area contributed by atoms with Crippen molar-refractivity contribution in [1.29, 1.82) is 0 Å². The van der Waals surface area contributed by atoms with Crippen LogP contribution in [0.3, 0.4) is 0 Å². The summed E-state index contributed by atoms with van der Waals surface area (Å²) in [6, 6.07) is 3.47. The van der Waals surface area contributed by atoms with Gasteiger partial charge in [0.05, 0.1) is 28.5 Å². The van der Waals surface area contributed by atoms with Crippen LogP contribution in [0.5, 0.6) is 0 Å². The third-order valence-corrected chi connectivity index (χ3v) is 7.18. The maximum absolute atomic E-state index is 13.2. The fraction of sp³-hybridized carbons (Fsp3) is 0.348. The van der Waals surface area contributed by atoms with E-state index in [1.54, 1.807) is 0 Å². The second-order valence-corrected chi connectivity index (χ2v) is 10.1. The Bertz CT molecular complexity index is 1240. The van der Waals surface area contributed by atoms with Gasteiger partial charge in [-0.05, 0) is 36.8 Å². The molecule has 3 heterocycles. The maximum Gasteiger partial charge on any atom is 0.416 e. The van der Waals surface area contributed by atoms with Gasteiger partial charge in [0.25, 0.3) is 5.91 Å². The highest BCUT2D eigenvalue weighted by molar-refractivity contribution is 8.26. The van der Waals surface area contributed by atoms with Crippen LogP contribution < -0.4 is 0 Å². The van der Waals surface area contributed by atoms with Crippen LogP contribution in [0.25, 0.3) is 17.4 Å². The molecule has 2 fully saturated rings. The average molecular weight is 565 g/mol. The molecule has 0 aliphatic carbocycles. The lowest BCUT2D eigenvalue weighted by Gasteiger charge is -2.23. The Morgan fingerprint density at radius 2 is 1.78 bits per heavy atom. The Labute approximate surface area is 215 Å². The Kier molecular flexibility index (Phi) is 7.45. The first-order valence-electron chi connectivity index (χ1n) is 10.8. The summed E-state index contributed by atoms with van der Waals surface area (Å²) in [5, 5.41) is 8.85. The Morgan fingerprint density at radius 3 is 2.38 bits per heavy atom. The van der Waals surface area contributed by atoms with Crippen LogP contribution in [0.1, 0.15) is 29.7 Å². The van der Waals surface area contributed by atoms with E-state index in [4.69, 9.17) is 21.7 Å². The molecule has 1 aromatic carbocycles. The molecule has 6 nitrogen and oxygen atoms in total. The summed E-state index contributed by atoms with van der Waals surface area (Å²) in [6.45, 7) is 1.40. The van der Waals surface area contributed by atoms with Crippen molar-refractivity contribution in [3.05, 3.63) is 52.1 Å². The summed E-state index contributed by atoms with van der Waals surface area (Å²) in [6.07, 6.45) is -8.09. The fourth-order valence-electron chi connectivity index (χ4n) is 4.09. The standard InChI is InChI=1S/C23H18F6N2O4S2/c24-22(25,26)13-7-12(8-14(9-13)23(27,28)29)17-2-1-16(35-17)10-18-20(34)31(21(36)37-18)15-3-5-30(11-15)6-4-19(32)33/h1-2,7-10,15H,3-6,11H2,(H,32,33)/b18-10-. The molecule has 1 N–H and O–H groups in total. The predicted octanol–water partition coefficient (Wildman–Crippen LogP) is 5.73. The molecule has 2 aromatic rings. The third kappa shape index (κ3) is 6.18. The van der Waals surface area contributed by atoms with Gasteiger partial charge in [0.15, 0.2) is 0 Å². The Balaban J connectivity index is 1.54. The first-order chi connectivity index (χ1) is 17.2. The van der Waals surface area contributed by atoms with Gasteiger partial charge in [0, 0.05) is 31.3 Å². The zero-order valence-electron chi connectivity index (χ0n) is 18.7. The zero-order chi connectivity index (χ0) is 27.1. The van der Waals surface area contributed by atoms with Gasteiger partial charge in [-0.15, -0.1) is 0 Å². The van der Waals surface area contributed by atoms with E-state index < -0.39 is 40.9 Å². The highest BCUT2D eigenvalue weighted by atomic mass is 32.2. The average Bonchev–Trinajstić information content (AvgIpc) is 3.51. The van der Waals surface area contributed by atoms with E-state index in [0.29, 0.717) is 42.5 Å². The van der Waals surface area contributed by atoms with Crippen molar-refractivity contribution < 1.29 is 45.5 Å². The quantitative estimate of drug-likeness (QED) is 0.273. The van der Waals surface area contributed by atoms with Crippen LogP contribution >= 0.6 is 24.0 Å². The molecule has 4 rings (SSSR count). The Morgan fingerprint density at radius 1 is 1.14 bits per heavy atom. The number of carbonyl (C=O) groups is 2. The van der Waals surface area contributed by atoms with E-state index in [1.807, 2.05) is 4.90 Å². The SMILES string of the molecule is O=C(O)CCN1CCC(N2C(=O)/C(=C/c3ccc(-c4cc(C(F)(F)F)cc(C(F)(F)F)c4)o3)SC2=S)C1. The van der Waals surface area contributed by atoms with Gasteiger partial charge < -0.3 is 14.4 Å². The molecule has 1 amide bonds. The van der Waals surface area contributed by atoms with Gasteiger partial charge in [-0.3, -0.25) is 14.5 Å². The molecule has 0 bridgehead atoms. The third-order valence-electron chi connectivity index (χ3n) is 5.85. The number of likely N-dealkylation sites (tertiary alicyclic amines) is 1. The van der Waals surface area contributed by atoms with E-state index >= 15 is 0 Å². The van der Waals surface area contributed by atoms with Gasteiger partial charge in [-0.25, -0.2) is 0 Å². The van der Waals surface area contributed by atoms with E-state index in [-0.39, 0.29) is 35.0 Å². The number of thioether (sulfide) groups is 1. The number of carbonyl (C=O) groups excluding carboxylic acids is 1. The van der Waals surface area contributed by atoms with E-state index in [2.05, 4.69) is 0 Å². The number of carboxylic acid groups (broad SMARTS) is 1. The number of benzene rings is 1. The van der Waals surface area contributed by atoms with Crippen molar-refractivity contribution in [3.8, 4) is 11.3 Å². The van der Waals surface area contributed by atoms with E-state index in [0.717, 1.165) is 11.8 Å². The summed E-state index contributed by atoms with van der Waals surface area (Å²) in [5.74, 6) is -1.51. The van der Waals surface area contributed by atoms with E-state index in [9.17, 15) is 35.9 Å². The van der Waals surface area contributed by atoms with Crippen molar-refractivity contribution >= 4 is 46.3 Å². The van der Waals surface area contributed by atoms with Crippen LogP contribution in [-0.4, -0.2) is 56.8 Å². The summed E-state index contributed by atoms with van der Waals surface area (Å²) in [4.78, 5) is 27.4. The minimum Gasteiger partial charge on any atom is -0.481 e. The molecule has 37 heavy (non-hydrogen) atoms. The number of nitrogens with zero attached hydrogens (tertiary/aromatic N) is 2. The molecule has 2 aliphatic heterocycles. The van der Waals surface area contributed by atoms with Crippen LogP contribution in [0, 0.1) is 0 Å². The number of alkyl halides is 6. The van der Waals surface area contributed by atoms with Gasteiger partial charge in [-0.2, -0.15) is 26.3 Å². The second-order valence-electron chi connectivity index (χ2n) is 8.44. The van der Waals surface area contributed by atoms with Crippen LogP contribution in [0.2, 0.25) is 0 Å². The molecule has 1 atom stereocenters. The number of hydrogen-bond donors (Lipinski definition) is 1. The minimum absolute atomic E-state index is 0.0256. The highest BCUT2D eigenvalue weighted by Crippen LogP contribution is 2.40. The van der Waals surface area contributed by atoms with Gasteiger partial charge >= 0.3 is 18.3 Å². The molecule has 2 saturated heterocycles. The topological polar surface area (TPSA) is 74.0 Å². The second kappa shape index (κ2) is 10.1. The van der Waals surface area contributed by atoms with Crippen LogP contribution in [-0.2, 0) is 21.9 Å². The van der Waals surface area contributed by atoms with Crippen molar-refractivity contribution in [2.24, 2.45) is 0 Å². The number of carboxylic acids is 1. The first-order valence-corrected chi connectivity index (χ1v) is 12.1. The van der Waals surface area contributed by atoms with E-state index in [1.165, 1.54) is 23.1 Å². The molecule has 0 saturated carbocycles. The molecule has 1 unspecified atom stereocenters. The first kappa shape index (κ1) is 27.2. The maximum atomic E-state index is 13.2. The lowest BCUT2D eigenvalue weighted by atomic mass is 10.0. The largest absolute Gasteiger partial charge is 0.481 e. The summed E-state index contributed by atoms with van der Waals surface area (Å²) >= 11 is 6.34. The van der Waals surface area contributed by atoms with Crippen molar-refractivity contribution in [1.82, 2.24) is 9.80 Å². The summed E-state index contributed by atoms with van der Waals surface area (Å²) in [5.41, 5.74) is -3.35. The lowest BCUT2D eigenvalue weighted by Crippen LogP contribution is -2.40. The monoisotopic (exact) mass is 564 g/mol. The molecule has 1 aromatic heterocycles. The van der Waals surface area contributed by atoms with Crippen LogP contribution in [0.15, 0.2) is 39.7 Å². The van der Waals surface area contributed by atoms with Gasteiger partial charge in [-0.1, -0.05) is 24.0 Å². The molecule has 14 heteroatoms. The highest BCUT2D eigenvalue weighted by Gasteiger charge is 2.40. The molecular formula is C23H18F6N2O4S2. The summed E-state index contributed by atoms with van der Waals surface area (Å²) in [7, 11) is 0. The smallest absolute Gasteiger partial charge is 0.416 e. The number of aliphatic carboxylic acids is 1. The van der Waals surface area contributed by atoms with Crippen molar-refractivity contribution in [2.45, 2.75) is 31.2 Å². The molecule has 0 spiro atoms. The molecule has 0 radical (unpaired) electrons. The minimum atomic E-state index is -5.00. The number of halogens is 6. The Hall–Kier alpha value is -2.84. The number of thiocarbonyl (C=S) groups is 1. The van der Waals surface area contributed by atoms with Crippen molar-refractivity contribution in [3.63, 3.8) is 0 Å². The molecule has 2 aliphatic rings. The fourth-order valence-corrected chi connectivity index (χ4v) is 5.47. The normalized spacial score (nSPS) is 20.4. The zero-order valence-corrected chi connectivity index (χ0v) is 20.4. The van der Waals surface area contributed by atoms with Gasteiger partial charge in [0.1, 0.15) is 15.8 Å². The lowest BCUT2D eigenvalue weighted by molar-refractivity contribution is -0.143.